The van der Waals surface area contributed by atoms with E-state index in [2.05, 4.69) is 28.0 Å². The van der Waals surface area contributed by atoms with Gasteiger partial charge in [-0.05, 0) is 38.3 Å². The summed E-state index contributed by atoms with van der Waals surface area (Å²) < 4.78 is 8.87. The second-order valence-electron chi connectivity index (χ2n) is 6.60. The van der Waals surface area contributed by atoms with Gasteiger partial charge in [-0.1, -0.05) is 26.0 Å². The number of rotatable bonds is 8. The fourth-order valence-corrected chi connectivity index (χ4v) is 3.21. The topological polar surface area (TPSA) is 143 Å². The maximum Gasteiger partial charge on any atom is 0.276 e. The third-order valence-electron chi connectivity index (χ3n) is 4.56. The van der Waals surface area contributed by atoms with Crippen molar-refractivity contribution >= 4 is 41.4 Å². The molecule has 3 rings (SSSR count). The zero-order valence-corrected chi connectivity index (χ0v) is 21.5. The van der Waals surface area contributed by atoms with Crippen molar-refractivity contribution in [3.63, 3.8) is 0 Å². The van der Waals surface area contributed by atoms with Crippen molar-refractivity contribution in [3.8, 4) is 5.75 Å². The number of primary amides is 1. The monoisotopic (exact) mass is 489 g/mol. The quantitative estimate of drug-likeness (QED) is 0.283. The standard InChI is InChI=1S/C20H25N7O3.C2H6.CH4S/c1-4-27-15(9-12(2)25-27)19(29)24-20-23-14-10-13(18(22)28)11-16(30-3)17(14)26(20)8-6-5-7-21;2*1-2/h5-6,9-11H,4,7-8,21H2,1-3H3,(H2,22,28)(H,23,24,29);1-2H3;2H,1H3/b6-5+;;. The first kappa shape index (κ1) is 28.7. The molecule has 2 aromatic heterocycles. The summed E-state index contributed by atoms with van der Waals surface area (Å²) in [6.07, 6.45) is 5.36. The van der Waals surface area contributed by atoms with E-state index in [1.807, 2.05) is 33.8 Å². The first-order chi connectivity index (χ1) is 16.4. The number of hydrogen-bond acceptors (Lipinski definition) is 7. The smallest absolute Gasteiger partial charge is 0.276 e. The number of carbonyl (C=O) groups excluding carboxylic acids is 2. The highest BCUT2D eigenvalue weighted by Gasteiger charge is 2.21. The molecule has 0 radical (unpaired) electrons. The molecule has 3 aromatic rings. The number of hydrogen-bond donors (Lipinski definition) is 4. The van der Waals surface area contributed by atoms with E-state index in [9.17, 15) is 9.59 Å². The van der Waals surface area contributed by atoms with Crippen LogP contribution < -0.4 is 21.5 Å². The maximum absolute atomic E-state index is 12.9. The lowest BCUT2D eigenvalue weighted by Gasteiger charge is -2.11. The van der Waals surface area contributed by atoms with E-state index in [-0.39, 0.29) is 11.5 Å². The van der Waals surface area contributed by atoms with Gasteiger partial charge in [-0.2, -0.15) is 17.7 Å². The average molecular weight is 490 g/mol. The summed E-state index contributed by atoms with van der Waals surface area (Å²) in [5.41, 5.74) is 13.5. The normalized spacial score (nSPS) is 10.4. The second-order valence-corrected chi connectivity index (χ2v) is 6.60. The van der Waals surface area contributed by atoms with E-state index in [0.29, 0.717) is 48.1 Å². The number of nitrogens with one attached hydrogen (secondary N) is 1. The molecular weight excluding hydrogens is 454 g/mol. The largest absolute Gasteiger partial charge is 0.494 e. The Hall–Kier alpha value is -3.31. The number of benzene rings is 1. The van der Waals surface area contributed by atoms with E-state index in [0.717, 1.165) is 5.69 Å². The van der Waals surface area contributed by atoms with Gasteiger partial charge in [0.2, 0.25) is 11.9 Å². The minimum absolute atomic E-state index is 0.263. The number of imidazole rings is 1. The molecule has 2 amide bonds. The molecule has 0 fully saturated rings. The Labute approximate surface area is 205 Å². The number of methoxy groups -OCH3 is 1. The number of ether oxygens (including phenoxy) is 1. The highest BCUT2D eigenvalue weighted by Crippen LogP contribution is 2.31. The molecule has 10 nitrogen and oxygen atoms in total. The van der Waals surface area contributed by atoms with E-state index in [1.165, 1.54) is 7.11 Å². The van der Waals surface area contributed by atoms with Crippen molar-refractivity contribution in [2.24, 2.45) is 11.5 Å². The number of anilines is 1. The average Bonchev–Trinajstić information content (AvgIpc) is 3.40. The van der Waals surface area contributed by atoms with Gasteiger partial charge < -0.3 is 20.8 Å². The molecule has 0 aliphatic rings. The summed E-state index contributed by atoms with van der Waals surface area (Å²) in [7, 11) is 1.49. The number of nitrogens with zero attached hydrogens (tertiary/aromatic N) is 4. The Morgan fingerprint density at radius 1 is 1.21 bits per heavy atom. The van der Waals surface area contributed by atoms with Crippen molar-refractivity contribution in [2.75, 3.05) is 25.2 Å². The SMILES string of the molecule is CC.CCn1nc(C)cc1C(=O)Nc1nc2cc(C(N)=O)cc(OC)c2n1C/C=C/CN.CS. The number of amides is 2. The Morgan fingerprint density at radius 2 is 1.88 bits per heavy atom. The molecule has 1 aromatic carbocycles. The van der Waals surface area contributed by atoms with Crippen LogP contribution in [0.5, 0.6) is 5.75 Å². The molecule has 0 aliphatic carbocycles. The minimum atomic E-state index is -0.597. The van der Waals surface area contributed by atoms with E-state index < -0.39 is 5.91 Å². The molecule has 0 saturated heterocycles. The molecular formula is C23H35N7O3S. The van der Waals surface area contributed by atoms with Crippen molar-refractivity contribution in [1.82, 2.24) is 19.3 Å². The van der Waals surface area contributed by atoms with E-state index in [1.54, 1.807) is 39.8 Å². The summed E-state index contributed by atoms with van der Waals surface area (Å²) in [6, 6.07) is 4.84. The molecule has 0 atom stereocenters. The van der Waals surface area contributed by atoms with Gasteiger partial charge in [0.15, 0.2) is 0 Å². The predicted octanol–water partition coefficient (Wildman–Crippen LogP) is 3.01. The van der Waals surface area contributed by atoms with Gasteiger partial charge in [0.25, 0.3) is 5.91 Å². The molecule has 2 heterocycles. The molecule has 0 saturated carbocycles. The van der Waals surface area contributed by atoms with Crippen LogP contribution in [-0.2, 0) is 13.1 Å². The number of aryl methyl sites for hydroxylation is 2. The van der Waals surface area contributed by atoms with Crippen LogP contribution in [0, 0.1) is 6.92 Å². The molecule has 186 valence electrons. The Balaban J connectivity index is 0.00000137. The number of fused-ring (bicyclic) bond motifs is 1. The molecule has 5 N–H and O–H groups in total. The summed E-state index contributed by atoms with van der Waals surface area (Å²) in [5.74, 6) is -0.213. The maximum atomic E-state index is 12.9. The van der Waals surface area contributed by atoms with Gasteiger partial charge in [0.1, 0.15) is 17.0 Å². The summed E-state index contributed by atoms with van der Waals surface area (Å²) in [4.78, 5) is 29.1. The van der Waals surface area contributed by atoms with Crippen LogP contribution in [0.4, 0.5) is 5.95 Å². The highest BCUT2D eigenvalue weighted by atomic mass is 32.1. The van der Waals surface area contributed by atoms with Crippen molar-refractivity contribution in [3.05, 3.63) is 47.3 Å². The number of thiol groups is 1. The highest BCUT2D eigenvalue weighted by molar-refractivity contribution is 7.79. The second kappa shape index (κ2) is 14.1. The lowest BCUT2D eigenvalue weighted by Crippen LogP contribution is -2.20. The minimum Gasteiger partial charge on any atom is -0.494 e. The van der Waals surface area contributed by atoms with Gasteiger partial charge in [-0.15, -0.1) is 0 Å². The fourth-order valence-electron chi connectivity index (χ4n) is 3.21. The van der Waals surface area contributed by atoms with Crippen LogP contribution >= 0.6 is 12.6 Å². The first-order valence-corrected chi connectivity index (χ1v) is 11.8. The van der Waals surface area contributed by atoms with Crippen molar-refractivity contribution < 1.29 is 14.3 Å². The zero-order chi connectivity index (χ0) is 25.8. The molecule has 0 spiro atoms. The van der Waals surface area contributed by atoms with Crippen LogP contribution in [0.2, 0.25) is 0 Å². The number of nitrogens with two attached hydrogens (primary N) is 2. The van der Waals surface area contributed by atoms with Gasteiger partial charge in [-0.25, -0.2) is 4.98 Å². The van der Waals surface area contributed by atoms with Gasteiger partial charge in [0, 0.05) is 25.2 Å². The molecule has 34 heavy (non-hydrogen) atoms. The van der Waals surface area contributed by atoms with Crippen molar-refractivity contribution in [1.29, 1.82) is 0 Å². The Morgan fingerprint density at radius 3 is 2.44 bits per heavy atom. The molecule has 0 aliphatic heterocycles. The fraction of sp³-hybridized carbons (Fsp3) is 0.391. The van der Waals surface area contributed by atoms with Crippen LogP contribution in [0.1, 0.15) is 47.3 Å². The van der Waals surface area contributed by atoms with Gasteiger partial charge in [0.05, 0.1) is 18.3 Å². The summed E-state index contributed by atoms with van der Waals surface area (Å²) in [6.45, 7) is 9.06. The molecule has 11 heteroatoms. The number of aromatic nitrogens is 4. The Kier molecular flexibility index (Phi) is 11.9. The van der Waals surface area contributed by atoms with Crippen LogP contribution in [0.3, 0.4) is 0 Å². The molecule has 0 bridgehead atoms. The van der Waals surface area contributed by atoms with Crippen LogP contribution in [0.25, 0.3) is 11.0 Å². The first-order valence-electron chi connectivity index (χ1n) is 10.9. The van der Waals surface area contributed by atoms with E-state index >= 15 is 0 Å². The predicted molar refractivity (Wildman–Crippen MR) is 140 cm³/mol. The third kappa shape index (κ3) is 6.61. The molecule has 0 unspecified atom stereocenters. The number of carbonyl (C=O) groups is 2. The number of allylic oxidation sites excluding steroid dienone is 1. The summed E-state index contributed by atoms with van der Waals surface area (Å²) in [5, 5.41) is 7.15. The van der Waals surface area contributed by atoms with Crippen LogP contribution in [-0.4, -0.2) is 51.1 Å². The summed E-state index contributed by atoms with van der Waals surface area (Å²) >= 11 is 3.53. The lowest BCUT2D eigenvalue weighted by molar-refractivity contribution is 0.0995. The third-order valence-corrected chi connectivity index (χ3v) is 4.56. The van der Waals surface area contributed by atoms with Gasteiger partial charge in [-0.3, -0.25) is 19.6 Å². The van der Waals surface area contributed by atoms with Crippen molar-refractivity contribution in [2.45, 2.75) is 40.8 Å². The van der Waals surface area contributed by atoms with E-state index in [4.69, 9.17) is 16.2 Å². The van der Waals surface area contributed by atoms with Crippen LogP contribution in [0.15, 0.2) is 30.4 Å². The lowest BCUT2D eigenvalue weighted by atomic mass is 10.1. The van der Waals surface area contributed by atoms with Gasteiger partial charge >= 0.3 is 0 Å². The Bertz CT molecular complexity index is 1140. The zero-order valence-electron chi connectivity index (χ0n) is 20.6.